The van der Waals surface area contributed by atoms with Crippen LogP contribution in [-0.4, -0.2) is 27.3 Å². The van der Waals surface area contributed by atoms with Gasteiger partial charge in [0.15, 0.2) is 5.82 Å². The number of nitrogens with zero attached hydrogens (tertiary/aromatic N) is 3. The molecule has 3 rings (SSSR count). The summed E-state index contributed by atoms with van der Waals surface area (Å²) >= 11 is 0. The van der Waals surface area contributed by atoms with Crippen LogP contribution in [0.15, 0.2) is 48.8 Å². The van der Waals surface area contributed by atoms with Crippen molar-refractivity contribution in [1.82, 2.24) is 20.2 Å². The lowest BCUT2D eigenvalue weighted by molar-refractivity contribution is 0.415. The van der Waals surface area contributed by atoms with E-state index in [1.54, 1.807) is 19.5 Å². The van der Waals surface area contributed by atoms with Gasteiger partial charge in [0.1, 0.15) is 11.6 Å². The highest BCUT2D eigenvalue weighted by atomic mass is 16.5. The molecule has 0 unspecified atom stereocenters. The highest BCUT2D eigenvalue weighted by Crippen LogP contribution is 2.16. The fourth-order valence-corrected chi connectivity index (χ4v) is 1.90. The first-order valence-electron chi connectivity index (χ1n) is 6.55. The molecule has 0 saturated heterocycles. The molecule has 6 nitrogen and oxygen atoms in total. The SMILES string of the molecule is COc1ccc(NCc2nc(-c3ccncc3)n[nH]2)cc1. The molecular formula is C15H15N5O. The first-order chi connectivity index (χ1) is 10.3. The van der Waals surface area contributed by atoms with Crippen LogP contribution in [0.25, 0.3) is 11.4 Å². The third kappa shape index (κ3) is 3.17. The van der Waals surface area contributed by atoms with E-state index in [1.807, 2.05) is 36.4 Å². The van der Waals surface area contributed by atoms with E-state index in [2.05, 4.69) is 25.5 Å². The second kappa shape index (κ2) is 6.04. The normalized spacial score (nSPS) is 10.3. The van der Waals surface area contributed by atoms with Crippen molar-refractivity contribution in [2.45, 2.75) is 6.54 Å². The molecule has 0 spiro atoms. The highest BCUT2D eigenvalue weighted by molar-refractivity contribution is 5.53. The second-order valence-corrected chi connectivity index (χ2v) is 4.42. The fourth-order valence-electron chi connectivity index (χ4n) is 1.90. The van der Waals surface area contributed by atoms with Crippen molar-refractivity contribution in [3.63, 3.8) is 0 Å². The van der Waals surface area contributed by atoms with Gasteiger partial charge in [-0.3, -0.25) is 10.1 Å². The zero-order valence-corrected chi connectivity index (χ0v) is 11.6. The summed E-state index contributed by atoms with van der Waals surface area (Å²) in [5, 5.41) is 10.4. The largest absolute Gasteiger partial charge is 0.497 e. The predicted octanol–water partition coefficient (Wildman–Crippen LogP) is 2.49. The van der Waals surface area contributed by atoms with Gasteiger partial charge in [0.25, 0.3) is 0 Å². The number of pyridine rings is 1. The number of benzene rings is 1. The average Bonchev–Trinajstić information content (AvgIpc) is 3.03. The van der Waals surface area contributed by atoms with E-state index in [-0.39, 0.29) is 0 Å². The summed E-state index contributed by atoms with van der Waals surface area (Å²) < 4.78 is 5.12. The Morgan fingerprint density at radius 3 is 2.57 bits per heavy atom. The summed E-state index contributed by atoms with van der Waals surface area (Å²) in [6, 6.07) is 11.5. The van der Waals surface area contributed by atoms with E-state index < -0.39 is 0 Å². The molecule has 6 heteroatoms. The number of nitrogens with one attached hydrogen (secondary N) is 2. The Labute approximate surface area is 122 Å². The molecule has 2 N–H and O–H groups in total. The molecule has 0 atom stereocenters. The number of rotatable bonds is 5. The number of methoxy groups -OCH3 is 1. The summed E-state index contributed by atoms with van der Waals surface area (Å²) in [7, 11) is 1.65. The Kier molecular flexibility index (Phi) is 3.77. The van der Waals surface area contributed by atoms with Gasteiger partial charge in [0.05, 0.1) is 13.7 Å². The van der Waals surface area contributed by atoms with Crippen molar-refractivity contribution in [2.24, 2.45) is 0 Å². The molecule has 0 radical (unpaired) electrons. The number of aromatic amines is 1. The van der Waals surface area contributed by atoms with Crippen LogP contribution in [0.3, 0.4) is 0 Å². The van der Waals surface area contributed by atoms with Gasteiger partial charge in [0, 0.05) is 23.6 Å². The quantitative estimate of drug-likeness (QED) is 0.751. The minimum atomic E-state index is 0.574. The Morgan fingerprint density at radius 1 is 1.10 bits per heavy atom. The molecule has 0 aliphatic carbocycles. The van der Waals surface area contributed by atoms with Gasteiger partial charge < -0.3 is 10.1 Å². The van der Waals surface area contributed by atoms with Gasteiger partial charge in [-0.1, -0.05) is 0 Å². The summed E-state index contributed by atoms with van der Waals surface area (Å²) in [6.45, 7) is 0.574. The van der Waals surface area contributed by atoms with Crippen LogP contribution in [0, 0.1) is 0 Å². The van der Waals surface area contributed by atoms with Crippen LogP contribution >= 0.6 is 0 Å². The van der Waals surface area contributed by atoms with Crippen LogP contribution in [0.1, 0.15) is 5.82 Å². The average molecular weight is 281 g/mol. The zero-order valence-electron chi connectivity index (χ0n) is 11.6. The number of anilines is 1. The summed E-state index contributed by atoms with van der Waals surface area (Å²) in [4.78, 5) is 8.43. The molecule has 0 bridgehead atoms. The van der Waals surface area contributed by atoms with Crippen LogP contribution in [0.2, 0.25) is 0 Å². The molecule has 0 saturated carbocycles. The Balaban J connectivity index is 1.64. The molecule has 106 valence electrons. The maximum Gasteiger partial charge on any atom is 0.181 e. The molecule has 0 aliphatic heterocycles. The van der Waals surface area contributed by atoms with Crippen LogP contribution in [0.5, 0.6) is 5.75 Å². The van der Waals surface area contributed by atoms with E-state index in [9.17, 15) is 0 Å². The standard InChI is InChI=1S/C15H15N5O/c1-21-13-4-2-12(3-5-13)17-10-14-18-15(20-19-14)11-6-8-16-9-7-11/h2-9,17H,10H2,1H3,(H,18,19,20). The van der Waals surface area contributed by atoms with Crippen molar-refractivity contribution in [2.75, 3.05) is 12.4 Å². The fraction of sp³-hybridized carbons (Fsp3) is 0.133. The lowest BCUT2D eigenvalue weighted by atomic mass is 10.2. The number of hydrogen-bond acceptors (Lipinski definition) is 5. The monoisotopic (exact) mass is 281 g/mol. The van der Waals surface area contributed by atoms with E-state index in [4.69, 9.17) is 4.74 Å². The molecule has 3 aromatic rings. The molecule has 21 heavy (non-hydrogen) atoms. The minimum Gasteiger partial charge on any atom is -0.497 e. The van der Waals surface area contributed by atoms with E-state index in [0.29, 0.717) is 12.4 Å². The van der Waals surface area contributed by atoms with Crippen molar-refractivity contribution in [1.29, 1.82) is 0 Å². The van der Waals surface area contributed by atoms with Crippen molar-refractivity contribution in [3.05, 3.63) is 54.6 Å². The number of H-pyrrole nitrogens is 1. The summed E-state index contributed by atoms with van der Waals surface area (Å²) in [5.41, 5.74) is 1.94. The Hall–Kier alpha value is -2.89. The van der Waals surface area contributed by atoms with Crippen LogP contribution in [0.4, 0.5) is 5.69 Å². The smallest absolute Gasteiger partial charge is 0.181 e. The van der Waals surface area contributed by atoms with Gasteiger partial charge in [-0.05, 0) is 36.4 Å². The number of ether oxygens (including phenoxy) is 1. The predicted molar refractivity (Wildman–Crippen MR) is 79.9 cm³/mol. The first-order valence-corrected chi connectivity index (χ1v) is 6.55. The van der Waals surface area contributed by atoms with Crippen molar-refractivity contribution in [3.8, 4) is 17.1 Å². The molecule has 0 amide bonds. The molecule has 0 fully saturated rings. The van der Waals surface area contributed by atoms with Gasteiger partial charge >= 0.3 is 0 Å². The van der Waals surface area contributed by atoms with Crippen LogP contribution < -0.4 is 10.1 Å². The first kappa shape index (κ1) is 13.1. The lowest BCUT2D eigenvalue weighted by Gasteiger charge is -2.05. The molecule has 0 aliphatic rings. The van der Waals surface area contributed by atoms with Gasteiger partial charge in [0.2, 0.25) is 0 Å². The van der Waals surface area contributed by atoms with Gasteiger partial charge in [-0.25, -0.2) is 4.98 Å². The zero-order chi connectivity index (χ0) is 14.5. The maximum absolute atomic E-state index is 5.12. The Bertz CT molecular complexity index is 694. The molecule has 2 heterocycles. The topological polar surface area (TPSA) is 75.7 Å². The molecule has 1 aromatic carbocycles. The van der Waals surface area contributed by atoms with Crippen LogP contribution in [-0.2, 0) is 6.54 Å². The Morgan fingerprint density at radius 2 is 1.86 bits per heavy atom. The summed E-state index contributed by atoms with van der Waals surface area (Å²) in [6.07, 6.45) is 3.45. The summed E-state index contributed by atoms with van der Waals surface area (Å²) in [5.74, 6) is 2.28. The molecule has 2 aromatic heterocycles. The maximum atomic E-state index is 5.12. The number of aromatic nitrogens is 4. The molecular weight excluding hydrogens is 266 g/mol. The van der Waals surface area contributed by atoms with Crippen molar-refractivity contribution < 1.29 is 4.74 Å². The van der Waals surface area contributed by atoms with Gasteiger partial charge in [-0.15, -0.1) is 0 Å². The number of hydrogen-bond donors (Lipinski definition) is 2. The third-order valence-electron chi connectivity index (χ3n) is 3.02. The van der Waals surface area contributed by atoms with Crippen molar-refractivity contribution >= 4 is 5.69 Å². The van der Waals surface area contributed by atoms with E-state index in [1.165, 1.54) is 0 Å². The van der Waals surface area contributed by atoms with E-state index >= 15 is 0 Å². The minimum absolute atomic E-state index is 0.574. The highest BCUT2D eigenvalue weighted by Gasteiger charge is 2.05. The second-order valence-electron chi connectivity index (χ2n) is 4.42. The van der Waals surface area contributed by atoms with Gasteiger partial charge in [-0.2, -0.15) is 5.10 Å². The van der Waals surface area contributed by atoms with E-state index in [0.717, 1.165) is 22.8 Å². The third-order valence-corrected chi connectivity index (χ3v) is 3.02. The lowest BCUT2D eigenvalue weighted by Crippen LogP contribution is -2.01.